The first-order valence-corrected chi connectivity index (χ1v) is 12.4. The number of carbonyl (C=O) groups excluding carboxylic acids is 1. The number of aryl methyl sites for hydroxylation is 2. The first-order valence-electron chi connectivity index (χ1n) is 10.2. The van der Waals surface area contributed by atoms with Crippen molar-refractivity contribution in [1.29, 1.82) is 0 Å². The van der Waals surface area contributed by atoms with E-state index < -0.39 is 0 Å². The molecule has 1 heterocycles. The first kappa shape index (κ1) is 25.9. The number of amides is 1. The highest BCUT2D eigenvalue weighted by Gasteiger charge is 2.21. The minimum absolute atomic E-state index is 0. The summed E-state index contributed by atoms with van der Waals surface area (Å²) in [7, 11) is 0. The van der Waals surface area contributed by atoms with Crippen LogP contribution in [0.25, 0.3) is 10.2 Å². The molecule has 0 atom stereocenters. The molecule has 2 aromatic carbocycles. The molecule has 0 spiro atoms. The van der Waals surface area contributed by atoms with Crippen molar-refractivity contribution in [1.82, 2.24) is 9.88 Å². The fourth-order valence-electron chi connectivity index (χ4n) is 3.22. The van der Waals surface area contributed by atoms with Gasteiger partial charge in [-0.25, -0.2) is 4.98 Å². The van der Waals surface area contributed by atoms with E-state index in [0.717, 1.165) is 45.4 Å². The smallest absolute Gasteiger partial charge is 0.239 e. The van der Waals surface area contributed by atoms with E-state index in [4.69, 9.17) is 16.6 Å². The summed E-state index contributed by atoms with van der Waals surface area (Å²) in [6.45, 7) is 11.7. The molecule has 0 bridgehead atoms. The number of thioether (sulfide) groups is 1. The van der Waals surface area contributed by atoms with Crippen molar-refractivity contribution in [2.45, 2.75) is 32.6 Å². The third kappa shape index (κ3) is 6.83. The molecule has 1 aromatic heterocycles. The Morgan fingerprint density at radius 1 is 1.10 bits per heavy atom. The van der Waals surface area contributed by atoms with Gasteiger partial charge in [0, 0.05) is 23.0 Å². The summed E-state index contributed by atoms with van der Waals surface area (Å²) < 4.78 is 1.02. The summed E-state index contributed by atoms with van der Waals surface area (Å²) in [5.74, 6) is 0.465. The van der Waals surface area contributed by atoms with Gasteiger partial charge in [-0.2, -0.15) is 0 Å². The van der Waals surface area contributed by atoms with Gasteiger partial charge in [0.25, 0.3) is 0 Å². The number of anilines is 1. The van der Waals surface area contributed by atoms with Crippen LogP contribution in [0.4, 0.5) is 5.13 Å². The van der Waals surface area contributed by atoms with E-state index in [1.807, 2.05) is 24.0 Å². The molecule has 0 aliphatic heterocycles. The first-order chi connectivity index (χ1) is 14.4. The lowest BCUT2D eigenvalue weighted by atomic mass is 10.2. The van der Waals surface area contributed by atoms with Crippen LogP contribution in [-0.4, -0.2) is 47.7 Å². The summed E-state index contributed by atoms with van der Waals surface area (Å²) in [4.78, 5) is 23.3. The Kier molecular flexibility index (Phi) is 10.1. The van der Waals surface area contributed by atoms with Gasteiger partial charge in [0.2, 0.25) is 5.91 Å². The third-order valence-corrected chi connectivity index (χ3v) is 7.33. The zero-order valence-corrected chi connectivity index (χ0v) is 21.6. The monoisotopic (exact) mass is 497 g/mol. The van der Waals surface area contributed by atoms with Crippen LogP contribution >= 0.6 is 47.1 Å². The normalized spacial score (nSPS) is 11.0. The van der Waals surface area contributed by atoms with E-state index in [1.165, 1.54) is 16.9 Å². The van der Waals surface area contributed by atoms with Gasteiger partial charge in [0.1, 0.15) is 0 Å². The number of likely N-dealkylation sites (N-methyl/N-ethyl adjacent to an activating group) is 1. The molecule has 0 fully saturated rings. The zero-order chi connectivity index (χ0) is 21.7. The third-order valence-electron chi connectivity index (χ3n) is 5.09. The second-order valence-corrected chi connectivity index (χ2v) is 9.73. The van der Waals surface area contributed by atoms with Gasteiger partial charge in [-0.05, 0) is 56.8 Å². The predicted octanol–water partition coefficient (Wildman–Crippen LogP) is 6.46. The molecule has 3 aromatic rings. The average molecular weight is 499 g/mol. The highest BCUT2D eigenvalue weighted by Crippen LogP contribution is 2.33. The molecule has 0 N–H and O–H groups in total. The van der Waals surface area contributed by atoms with Crippen molar-refractivity contribution in [3.05, 3.63) is 52.5 Å². The topological polar surface area (TPSA) is 36.4 Å². The molecular formula is C23H29Cl2N3OS2. The molecule has 4 nitrogen and oxygen atoms in total. The summed E-state index contributed by atoms with van der Waals surface area (Å²) in [5.41, 5.74) is 3.17. The van der Waals surface area contributed by atoms with Crippen LogP contribution in [-0.2, 0) is 4.79 Å². The summed E-state index contributed by atoms with van der Waals surface area (Å²) in [6.07, 6.45) is 0. The fraction of sp³-hybridized carbons (Fsp3) is 0.391. The van der Waals surface area contributed by atoms with E-state index in [0.29, 0.717) is 17.3 Å². The van der Waals surface area contributed by atoms with Gasteiger partial charge in [0.05, 0.1) is 16.0 Å². The minimum atomic E-state index is 0. The van der Waals surface area contributed by atoms with Crippen LogP contribution in [0.3, 0.4) is 0 Å². The highest BCUT2D eigenvalue weighted by atomic mass is 35.5. The average Bonchev–Trinajstić information content (AvgIpc) is 3.14. The summed E-state index contributed by atoms with van der Waals surface area (Å²) >= 11 is 9.34. The Morgan fingerprint density at radius 2 is 1.77 bits per heavy atom. The number of hydrogen-bond acceptors (Lipinski definition) is 5. The van der Waals surface area contributed by atoms with Gasteiger partial charge in [-0.3, -0.25) is 9.69 Å². The van der Waals surface area contributed by atoms with Crippen LogP contribution in [0.15, 0.2) is 41.3 Å². The maximum Gasteiger partial charge on any atom is 0.239 e. The SMILES string of the molecule is CCN(CC)CCN(C(=O)CSc1ccc(C)cc1)c1nc2c(C)cc(Cl)cc2s1.Cl. The number of halogens is 2. The molecule has 3 rings (SSSR count). The van der Waals surface area contributed by atoms with Gasteiger partial charge < -0.3 is 4.90 Å². The molecule has 0 saturated carbocycles. The largest absolute Gasteiger partial charge is 0.302 e. The quantitative estimate of drug-likeness (QED) is 0.318. The molecule has 0 saturated heterocycles. The lowest BCUT2D eigenvalue weighted by Gasteiger charge is -2.24. The molecule has 31 heavy (non-hydrogen) atoms. The summed E-state index contributed by atoms with van der Waals surface area (Å²) in [5, 5.41) is 1.45. The summed E-state index contributed by atoms with van der Waals surface area (Å²) in [6, 6.07) is 12.1. The van der Waals surface area contributed by atoms with Gasteiger partial charge in [-0.1, -0.05) is 54.5 Å². The molecule has 8 heteroatoms. The molecule has 0 aliphatic rings. The number of rotatable bonds is 9. The van der Waals surface area contributed by atoms with Crippen LogP contribution in [0, 0.1) is 13.8 Å². The number of aromatic nitrogens is 1. The number of nitrogens with zero attached hydrogens (tertiary/aromatic N) is 3. The minimum Gasteiger partial charge on any atom is -0.302 e. The number of thiazole rings is 1. The van der Waals surface area contributed by atoms with Crippen molar-refractivity contribution in [3.63, 3.8) is 0 Å². The van der Waals surface area contributed by atoms with E-state index in [-0.39, 0.29) is 18.3 Å². The van der Waals surface area contributed by atoms with Crippen LogP contribution in [0.2, 0.25) is 5.02 Å². The maximum absolute atomic E-state index is 13.2. The van der Waals surface area contributed by atoms with E-state index >= 15 is 0 Å². The zero-order valence-electron chi connectivity index (χ0n) is 18.4. The Morgan fingerprint density at radius 3 is 2.42 bits per heavy atom. The van der Waals surface area contributed by atoms with Crippen LogP contribution in [0.5, 0.6) is 0 Å². The van der Waals surface area contributed by atoms with E-state index in [1.54, 1.807) is 11.8 Å². The van der Waals surface area contributed by atoms with Crippen LogP contribution in [0.1, 0.15) is 25.0 Å². The van der Waals surface area contributed by atoms with Gasteiger partial charge in [-0.15, -0.1) is 24.2 Å². The predicted molar refractivity (Wildman–Crippen MR) is 139 cm³/mol. The van der Waals surface area contributed by atoms with Crippen LogP contribution < -0.4 is 4.90 Å². The molecule has 0 unspecified atom stereocenters. The number of benzene rings is 2. The van der Waals surface area contributed by atoms with Crippen molar-refractivity contribution in [2.75, 3.05) is 36.8 Å². The second kappa shape index (κ2) is 12.1. The Balaban J connectivity index is 0.00000341. The number of fused-ring (bicyclic) bond motifs is 1. The van der Waals surface area contributed by atoms with Crippen molar-refractivity contribution in [2.24, 2.45) is 0 Å². The lowest BCUT2D eigenvalue weighted by molar-refractivity contribution is -0.116. The second-order valence-electron chi connectivity index (χ2n) is 7.24. The highest BCUT2D eigenvalue weighted by molar-refractivity contribution is 8.00. The van der Waals surface area contributed by atoms with Gasteiger partial charge in [0.15, 0.2) is 5.13 Å². The molecule has 168 valence electrons. The van der Waals surface area contributed by atoms with E-state index in [2.05, 4.69) is 49.9 Å². The van der Waals surface area contributed by atoms with Gasteiger partial charge >= 0.3 is 0 Å². The number of carbonyl (C=O) groups is 1. The molecule has 0 aliphatic carbocycles. The van der Waals surface area contributed by atoms with E-state index in [9.17, 15) is 4.79 Å². The molecule has 1 amide bonds. The molecule has 0 radical (unpaired) electrons. The Labute approximate surface area is 204 Å². The number of hydrogen-bond donors (Lipinski definition) is 0. The van der Waals surface area contributed by atoms with Crippen molar-refractivity contribution < 1.29 is 4.79 Å². The Hall–Kier alpha value is -1.31. The standard InChI is InChI=1S/C23H28ClN3OS2.ClH/c1-5-26(6-2)11-12-27(21(28)15-29-19-9-7-16(3)8-10-19)23-25-22-17(4)13-18(24)14-20(22)30-23;/h7-10,13-14H,5-6,11-12,15H2,1-4H3;1H. The van der Waals surface area contributed by atoms with Crippen molar-refractivity contribution >= 4 is 68.4 Å². The van der Waals surface area contributed by atoms with Crippen molar-refractivity contribution in [3.8, 4) is 0 Å². The lowest BCUT2D eigenvalue weighted by Crippen LogP contribution is -2.39. The Bertz CT molecular complexity index is 1000. The maximum atomic E-state index is 13.2. The fourth-order valence-corrected chi connectivity index (χ4v) is 5.46. The molecular weight excluding hydrogens is 469 g/mol.